The lowest BCUT2D eigenvalue weighted by Crippen LogP contribution is -2.62. The number of esters is 3. The number of rotatable bonds is 4. The number of aliphatic hydroxyl groups is 1. The molecule has 0 amide bonds. The summed E-state index contributed by atoms with van der Waals surface area (Å²) in [7, 11) is 0. The molecule has 2 saturated carbocycles. The Kier molecular flexibility index (Phi) is 5.34. The Balaban J connectivity index is 2.12. The van der Waals surface area contributed by atoms with Crippen LogP contribution in [0.2, 0.25) is 0 Å². The first kappa shape index (κ1) is 20.8. The van der Waals surface area contributed by atoms with Crippen molar-refractivity contribution in [1.29, 1.82) is 0 Å². The zero-order chi connectivity index (χ0) is 20.9. The van der Waals surface area contributed by atoms with Crippen LogP contribution < -0.4 is 0 Å². The van der Waals surface area contributed by atoms with Crippen molar-refractivity contribution in [2.45, 2.75) is 71.2 Å². The molecular weight excluding hydrogens is 364 g/mol. The Morgan fingerprint density at radius 2 is 2.00 bits per heavy atom. The van der Waals surface area contributed by atoms with Gasteiger partial charge in [-0.15, -0.1) is 0 Å². The fourth-order valence-corrected chi connectivity index (χ4v) is 5.34. The van der Waals surface area contributed by atoms with Gasteiger partial charge in [0.25, 0.3) is 0 Å². The molecule has 28 heavy (non-hydrogen) atoms. The van der Waals surface area contributed by atoms with Crippen molar-refractivity contribution < 1.29 is 33.7 Å². The molecule has 3 rings (SSSR count). The van der Waals surface area contributed by atoms with Crippen LogP contribution in [0.3, 0.4) is 0 Å². The Morgan fingerprint density at radius 3 is 2.61 bits per heavy atom. The van der Waals surface area contributed by atoms with Gasteiger partial charge in [-0.2, -0.15) is 0 Å². The predicted molar refractivity (Wildman–Crippen MR) is 98.9 cm³/mol. The molecule has 0 unspecified atom stereocenters. The molecule has 1 aliphatic heterocycles. The highest BCUT2D eigenvalue weighted by Crippen LogP contribution is 2.61. The molecule has 0 spiro atoms. The number of ether oxygens (including phenoxy) is 3. The van der Waals surface area contributed by atoms with Gasteiger partial charge >= 0.3 is 17.9 Å². The molecule has 0 aromatic heterocycles. The van der Waals surface area contributed by atoms with E-state index in [4.69, 9.17) is 14.2 Å². The summed E-state index contributed by atoms with van der Waals surface area (Å²) in [5.41, 5.74) is -2.15. The molecule has 1 heterocycles. The molecule has 1 N–H and O–H groups in total. The Labute approximate surface area is 165 Å². The zero-order valence-corrected chi connectivity index (χ0v) is 17.0. The maximum absolute atomic E-state index is 12.3. The minimum atomic E-state index is -1.30. The molecule has 3 aliphatic rings. The van der Waals surface area contributed by atoms with Crippen molar-refractivity contribution in [1.82, 2.24) is 0 Å². The lowest BCUT2D eigenvalue weighted by molar-refractivity contribution is -0.218. The van der Waals surface area contributed by atoms with Crippen molar-refractivity contribution in [2.24, 2.45) is 23.2 Å². The van der Waals surface area contributed by atoms with Crippen LogP contribution in [-0.2, 0) is 28.6 Å². The average molecular weight is 394 g/mol. The summed E-state index contributed by atoms with van der Waals surface area (Å²) in [6, 6.07) is 0. The van der Waals surface area contributed by atoms with Crippen LogP contribution in [0.15, 0.2) is 12.2 Å². The fourth-order valence-electron chi connectivity index (χ4n) is 5.34. The molecule has 7 nitrogen and oxygen atoms in total. The van der Waals surface area contributed by atoms with Crippen molar-refractivity contribution in [3.05, 3.63) is 12.2 Å². The molecule has 0 aromatic rings. The summed E-state index contributed by atoms with van der Waals surface area (Å²) >= 11 is 0. The second-order valence-electron chi connectivity index (χ2n) is 8.80. The number of hydrogen-bond acceptors (Lipinski definition) is 7. The van der Waals surface area contributed by atoms with E-state index in [0.717, 1.165) is 0 Å². The van der Waals surface area contributed by atoms with Gasteiger partial charge in [-0.25, -0.2) is 4.79 Å². The quantitative estimate of drug-likeness (QED) is 0.443. The summed E-state index contributed by atoms with van der Waals surface area (Å²) in [6.45, 7) is 10.4. The Bertz CT molecular complexity index is 699. The molecule has 7 heteroatoms. The normalized spacial score (nSPS) is 39.8. The lowest BCUT2D eigenvalue weighted by atomic mass is 9.63. The molecule has 6 atom stereocenters. The first-order valence-electron chi connectivity index (χ1n) is 10.0. The van der Waals surface area contributed by atoms with Crippen molar-refractivity contribution >= 4 is 17.9 Å². The minimum Gasteiger partial charge on any atom is -0.464 e. The van der Waals surface area contributed by atoms with Gasteiger partial charge in [0.1, 0.15) is 24.2 Å². The number of carbonyl (C=O) groups excluding carboxylic acids is 3. The van der Waals surface area contributed by atoms with E-state index in [1.54, 1.807) is 13.8 Å². The van der Waals surface area contributed by atoms with Crippen LogP contribution in [0, 0.1) is 23.2 Å². The van der Waals surface area contributed by atoms with E-state index in [-0.39, 0.29) is 24.4 Å². The summed E-state index contributed by atoms with van der Waals surface area (Å²) in [4.78, 5) is 36.4. The third kappa shape index (κ3) is 2.95. The van der Waals surface area contributed by atoms with Gasteiger partial charge in [-0.05, 0) is 31.6 Å². The van der Waals surface area contributed by atoms with E-state index in [0.29, 0.717) is 31.3 Å². The lowest BCUT2D eigenvalue weighted by Gasteiger charge is -2.49. The highest BCUT2D eigenvalue weighted by Gasteiger charge is 2.72. The maximum Gasteiger partial charge on any atom is 0.334 e. The Morgan fingerprint density at radius 1 is 1.32 bits per heavy atom. The summed E-state index contributed by atoms with van der Waals surface area (Å²) in [5.74, 6) is -2.21. The summed E-state index contributed by atoms with van der Waals surface area (Å²) in [5, 5.41) is 11.9. The number of carbonyl (C=O) groups is 3. The van der Waals surface area contributed by atoms with Gasteiger partial charge in [-0.3, -0.25) is 9.59 Å². The molecule has 0 radical (unpaired) electrons. The van der Waals surface area contributed by atoms with E-state index >= 15 is 0 Å². The van der Waals surface area contributed by atoms with E-state index in [9.17, 15) is 19.5 Å². The summed E-state index contributed by atoms with van der Waals surface area (Å²) < 4.78 is 16.9. The van der Waals surface area contributed by atoms with Gasteiger partial charge in [-0.1, -0.05) is 27.4 Å². The predicted octanol–water partition coefficient (Wildman–Crippen LogP) is 2.16. The maximum atomic E-state index is 12.3. The number of fused-ring (bicyclic) bond motifs is 3. The van der Waals surface area contributed by atoms with E-state index in [1.807, 2.05) is 6.92 Å². The third-order valence-corrected chi connectivity index (χ3v) is 6.94. The van der Waals surface area contributed by atoms with Crippen molar-refractivity contribution in [3.8, 4) is 0 Å². The number of hydrogen-bond donors (Lipinski definition) is 1. The second-order valence-corrected chi connectivity index (χ2v) is 8.80. The van der Waals surface area contributed by atoms with Crippen LogP contribution in [-0.4, -0.2) is 47.4 Å². The standard InChI is InChI=1S/C21H30O7/c1-11(2)18(23)26-10-20-16(27-14(5)22)8-9-21(20,25)12(3)6-7-15-13(4)19(24)28-17(15)20/h11-12,15-17,25H,4,6-10H2,1-3,5H3/t12-,15-,16-,17+,20-,21+/m0/s1. The fraction of sp³-hybridized carbons (Fsp3) is 0.762. The van der Waals surface area contributed by atoms with Gasteiger partial charge in [0.05, 0.1) is 11.5 Å². The monoisotopic (exact) mass is 394 g/mol. The van der Waals surface area contributed by atoms with Crippen LogP contribution in [0.1, 0.15) is 53.4 Å². The highest BCUT2D eigenvalue weighted by atomic mass is 16.6. The van der Waals surface area contributed by atoms with Gasteiger partial charge < -0.3 is 19.3 Å². The molecular formula is C21H30O7. The first-order valence-corrected chi connectivity index (χ1v) is 10.0. The van der Waals surface area contributed by atoms with Crippen molar-refractivity contribution in [3.63, 3.8) is 0 Å². The van der Waals surface area contributed by atoms with Crippen molar-refractivity contribution in [2.75, 3.05) is 6.61 Å². The average Bonchev–Trinajstić information content (AvgIpc) is 3.03. The second kappa shape index (κ2) is 7.17. The van der Waals surface area contributed by atoms with Gasteiger partial charge in [0.2, 0.25) is 0 Å². The van der Waals surface area contributed by atoms with Crippen LogP contribution in [0.25, 0.3) is 0 Å². The molecule has 3 fully saturated rings. The molecule has 1 saturated heterocycles. The molecule has 156 valence electrons. The van der Waals surface area contributed by atoms with Gasteiger partial charge in [0.15, 0.2) is 0 Å². The van der Waals surface area contributed by atoms with E-state index in [2.05, 4.69) is 6.58 Å². The van der Waals surface area contributed by atoms with Crippen LogP contribution in [0.5, 0.6) is 0 Å². The first-order chi connectivity index (χ1) is 13.0. The van der Waals surface area contributed by atoms with Crippen LogP contribution >= 0.6 is 0 Å². The molecule has 0 aromatic carbocycles. The SMILES string of the molecule is C=C1C(=O)O[C@@H]2[C@H]1CC[C@H](C)[C@]1(O)CC[C@H](OC(C)=O)[C@@]21COC(=O)C(C)C. The Hall–Kier alpha value is -1.89. The van der Waals surface area contributed by atoms with E-state index in [1.165, 1.54) is 6.92 Å². The zero-order valence-electron chi connectivity index (χ0n) is 17.0. The van der Waals surface area contributed by atoms with Crippen LogP contribution in [0.4, 0.5) is 0 Å². The third-order valence-electron chi connectivity index (χ3n) is 6.94. The minimum absolute atomic E-state index is 0.150. The molecule has 0 bridgehead atoms. The smallest absolute Gasteiger partial charge is 0.334 e. The van der Waals surface area contributed by atoms with Gasteiger partial charge in [0, 0.05) is 18.4 Å². The molecule has 2 aliphatic carbocycles. The largest absolute Gasteiger partial charge is 0.464 e. The highest BCUT2D eigenvalue weighted by molar-refractivity contribution is 5.91. The van der Waals surface area contributed by atoms with E-state index < -0.39 is 41.1 Å². The topological polar surface area (TPSA) is 99.1 Å². The summed E-state index contributed by atoms with van der Waals surface area (Å²) in [6.07, 6.45) is 0.604.